The van der Waals surface area contributed by atoms with Gasteiger partial charge < -0.3 is 10.1 Å². The molecule has 2 aromatic rings. The molecule has 0 aliphatic carbocycles. The molecule has 22 heavy (non-hydrogen) atoms. The molecule has 1 atom stereocenters. The van der Waals surface area contributed by atoms with Crippen LogP contribution in [-0.4, -0.2) is 29.9 Å². The number of hydrogen-bond acceptors (Lipinski definition) is 5. The van der Waals surface area contributed by atoms with Crippen molar-refractivity contribution in [2.45, 2.75) is 12.6 Å². The molecule has 0 radical (unpaired) electrons. The first kappa shape index (κ1) is 15.1. The van der Waals surface area contributed by atoms with Crippen molar-refractivity contribution in [1.29, 1.82) is 0 Å². The first-order valence-electron chi connectivity index (χ1n) is 6.91. The van der Waals surface area contributed by atoms with Crippen molar-refractivity contribution in [1.82, 2.24) is 5.32 Å². The minimum atomic E-state index is -0.291. The van der Waals surface area contributed by atoms with E-state index in [0.29, 0.717) is 12.3 Å². The summed E-state index contributed by atoms with van der Waals surface area (Å²) in [6.07, 6.45) is 0. The van der Waals surface area contributed by atoms with Crippen LogP contribution in [0, 0.1) is 0 Å². The monoisotopic (exact) mass is 332 g/mol. The average Bonchev–Trinajstić information content (AvgIpc) is 3.23. The van der Waals surface area contributed by atoms with Crippen molar-refractivity contribution in [3.05, 3.63) is 52.2 Å². The molecule has 0 fully saturated rings. The molecule has 0 saturated heterocycles. The standard InChI is InChI=1S/C16H16N2O2S2/c1-20-12-6-4-11(5-7-12)9-17-15(19)13-10-22-16(18-13)14-3-2-8-21-14/h2-8,13H,9-10H2,1H3,(H,17,19). The Labute approximate surface area is 137 Å². The molecular formula is C16H16N2O2S2. The number of rotatable bonds is 5. The Morgan fingerprint density at radius 2 is 2.18 bits per heavy atom. The normalized spacial score (nSPS) is 17.1. The summed E-state index contributed by atoms with van der Waals surface area (Å²) in [5, 5.41) is 5.94. The molecule has 0 bridgehead atoms. The number of thiophene rings is 1. The number of aliphatic imine (C=N–C) groups is 1. The molecule has 3 rings (SSSR count). The number of thioether (sulfide) groups is 1. The van der Waals surface area contributed by atoms with E-state index in [-0.39, 0.29) is 11.9 Å². The predicted molar refractivity (Wildman–Crippen MR) is 91.9 cm³/mol. The maximum absolute atomic E-state index is 12.2. The summed E-state index contributed by atoms with van der Waals surface area (Å²) in [7, 11) is 1.64. The van der Waals surface area contributed by atoms with Crippen LogP contribution >= 0.6 is 23.1 Å². The minimum absolute atomic E-state index is 0.0186. The predicted octanol–water partition coefficient (Wildman–Crippen LogP) is 2.94. The molecule has 1 unspecified atom stereocenters. The number of hydrogen-bond donors (Lipinski definition) is 1. The van der Waals surface area contributed by atoms with Crippen LogP contribution in [0.4, 0.5) is 0 Å². The highest BCUT2D eigenvalue weighted by molar-refractivity contribution is 8.15. The fourth-order valence-electron chi connectivity index (χ4n) is 2.09. The molecule has 114 valence electrons. The quantitative estimate of drug-likeness (QED) is 0.916. The summed E-state index contributed by atoms with van der Waals surface area (Å²) in [5.41, 5.74) is 1.04. The zero-order valence-electron chi connectivity index (χ0n) is 12.1. The van der Waals surface area contributed by atoms with Gasteiger partial charge in [0.1, 0.15) is 16.8 Å². The Balaban J connectivity index is 1.56. The molecule has 1 aliphatic heterocycles. The van der Waals surface area contributed by atoms with Crippen LogP contribution < -0.4 is 10.1 Å². The van der Waals surface area contributed by atoms with Crippen molar-refractivity contribution in [3.63, 3.8) is 0 Å². The second-order valence-electron chi connectivity index (χ2n) is 4.80. The van der Waals surface area contributed by atoms with Gasteiger partial charge >= 0.3 is 0 Å². The van der Waals surface area contributed by atoms with E-state index in [9.17, 15) is 4.79 Å². The smallest absolute Gasteiger partial charge is 0.245 e. The number of nitrogens with one attached hydrogen (secondary N) is 1. The van der Waals surface area contributed by atoms with Crippen molar-refractivity contribution >= 4 is 34.0 Å². The van der Waals surface area contributed by atoms with Gasteiger partial charge in [0.25, 0.3) is 0 Å². The molecule has 2 heterocycles. The largest absolute Gasteiger partial charge is 0.497 e. The summed E-state index contributed by atoms with van der Waals surface area (Å²) in [6, 6.07) is 11.4. The Hall–Kier alpha value is -1.79. The van der Waals surface area contributed by atoms with E-state index >= 15 is 0 Å². The highest BCUT2D eigenvalue weighted by atomic mass is 32.2. The van der Waals surface area contributed by atoms with E-state index in [2.05, 4.69) is 10.3 Å². The van der Waals surface area contributed by atoms with Gasteiger partial charge in [0.15, 0.2) is 0 Å². The third-order valence-corrected chi connectivity index (χ3v) is 5.40. The van der Waals surface area contributed by atoms with E-state index in [1.165, 1.54) is 0 Å². The second kappa shape index (κ2) is 6.98. The molecular weight excluding hydrogens is 316 g/mol. The number of carbonyl (C=O) groups is 1. The fraction of sp³-hybridized carbons (Fsp3) is 0.250. The van der Waals surface area contributed by atoms with E-state index in [1.54, 1.807) is 30.2 Å². The van der Waals surface area contributed by atoms with Crippen molar-refractivity contribution in [2.75, 3.05) is 12.9 Å². The third-order valence-electron chi connectivity index (χ3n) is 3.31. The lowest BCUT2D eigenvalue weighted by Crippen LogP contribution is -2.33. The fourth-order valence-corrected chi connectivity index (χ4v) is 3.98. The van der Waals surface area contributed by atoms with Gasteiger partial charge in [-0.2, -0.15) is 0 Å². The van der Waals surface area contributed by atoms with Crippen LogP contribution in [0.3, 0.4) is 0 Å². The molecule has 4 nitrogen and oxygen atoms in total. The topological polar surface area (TPSA) is 50.7 Å². The summed E-state index contributed by atoms with van der Waals surface area (Å²) in [5.74, 6) is 1.50. The second-order valence-corrected chi connectivity index (χ2v) is 6.76. The Kier molecular flexibility index (Phi) is 4.80. The lowest BCUT2D eigenvalue weighted by Gasteiger charge is -2.08. The number of methoxy groups -OCH3 is 1. The van der Waals surface area contributed by atoms with Crippen LogP contribution in [0.25, 0.3) is 0 Å². The molecule has 1 aliphatic rings. The van der Waals surface area contributed by atoms with E-state index in [4.69, 9.17) is 4.74 Å². The molecule has 1 N–H and O–H groups in total. The number of amides is 1. The molecule has 1 amide bonds. The third kappa shape index (κ3) is 3.51. The summed E-state index contributed by atoms with van der Waals surface area (Å²) in [6.45, 7) is 0.508. The molecule has 1 aromatic heterocycles. The van der Waals surface area contributed by atoms with Gasteiger partial charge in [0.05, 0.1) is 12.0 Å². The van der Waals surface area contributed by atoms with Gasteiger partial charge in [-0.05, 0) is 29.1 Å². The number of benzene rings is 1. The SMILES string of the molecule is COc1ccc(CNC(=O)C2CSC(c3cccs3)=N2)cc1. The van der Waals surface area contributed by atoms with Gasteiger partial charge in [-0.3, -0.25) is 9.79 Å². The summed E-state index contributed by atoms with van der Waals surface area (Å²) < 4.78 is 5.12. The Morgan fingerprint density at radius 1 is 1.36 bits per heavy atom. The van der Waals surface area contributed by atoms with Gasteiger partial charge in [0, 0.05) is 12.3 Å². The minimum Gasteiger partial charge on any atom is -0.497 e. The molecule has 0 spiro atoms. The van der Waals surface area contributed by atoms with Crippen molar-refractivity contribution < 1.29 is 9.53 Å². The van der Waals surface area contributed by atoms with E-state index in [1.807, 2.05) is 41.8 Å². The first-order valence-corrected chi connectivity index (χ1v) is 8.78. The van der Waals surface area contributed by atoms with Crippen molar-refractivity contribution in [2.24, 2.45) is 4.99 Å². The van der Waals surface area contributed by atoms with E-state index < -0.39 is 0 Å². The van der Waals surface area contributed by atoms with Gasteiger partial charge in [-0.25, -0.2) is 0 Å². The lowest BCUT2D eigenvalue weighted by atomic mass is 10.2. The van der Waals surface area contributed by atoms with Crippen LogP contribution in [0.2, 0.25) is 0 Å². The highest BCUT2D eigenvalue weighted by Crippen LogP contribution is 2.26. The van der Waals surface area contributed by atoms with Crippen LogP contribution in [0.15, 0.2) is 46.8 Å². The number of carbonyl (C=O) groups excluding carboxylic acids is 1. The van der Waals surface area contributed by atoms with Gasteiger partial charge in [0.2, 0.25) is 5.91 Å². The zero-order chi connectivity index (χ0) is 15.4. The van der Waals surface area contributed by atoms with Crippen LogP contribution in [0.1, 0.15) is 10.4 Å². The Morgan fingerprint density at radius 3 is 2.86 bits per heavy atom. The van der Waals surface area contributed by atoms with Crippen molar-refractivity contribution in [3.8, 4) is 5.75 Å². The maximum atomic E-state index is 12.2. The summed E-state index contributed by atoms with van der Waals surface area (Å²) in [4.78, 5) is 17.9. The van der Waals surface area contributed by atoms with Crippen LogP contribution in [0.5, 0.6) is 5.75 Å². The lowest BCUT2D eigenvalue weighted by molar-refractivity contribution is -0.121. The van der Waals surface area contributed by atoms with E-state index in [0.717, 1.165) is 21.2 Å². The Bertz CT molecular complexity index is 666. The van der Waals surface area contributed by atoms with Gasteiger partial charge in [-0.15, -0.1) is 23.1 Å². The van der Waals surface area contributed by atoms with Crippen LogP contribution in [-0.2, 0) is 11.3 Å². The summed E-state index contributed by atoms with van der Waals surface area (Å²) >= 11 is 3.30. The zero-order valence-corrected chi connectivity index (χ0v) is 13.7. The molecule has 0 saturated carbocycles. The highest BCUT2D eigenvalue weighted by Gasteiger charge is 2.25. The number of ether oxygens (including phenoxy) is 1. The van der Waals surface area contributed by atoms with Gasteiger partial charge in [-0.1, -0.05) is 18.2 Å². The maximum Gasteiger partial charge on any atom is 0.245 e. The molecule has 6 heteroatoms. The first-order chi connectivity index (χ1) is 10.8. The number of nitrogens with zero attached hydrogens (tertiary/aromatic N) is 1. The molecule has 1 aromatic carbocycles. The average molecular weight is 332 g/mol.